The quantitative estimate of drug-likeness (QED) is 0.360. The number of hydrogen-bond donors (Lipinski definition) is 2. The molecule has 35 heavy (non-hydrogen) atoms. The van der Waals surface area contributed by atoms with Gasteiger partial charge in [0.15, 0.2) is 0 Å². The van der Waals surface area contributed by atoms with E-state index in [2.05, 4.69) is 68.8 Å². The van der Waals surface area contributed by atoms with Crippen LogP contribution >= 0.6 is 0 Å². The Hall–Kier alpha value is -3.02. The summed E-state index contributed by atoms with van der Waals surface area (Å²) >= 11 is 0. The summed E-state index contributed by atoms with van der Waals surface area (Å²) < 4.78 is 7.99. The average molecular weight is 478 g/mol. The highest BCUT2D eigenvalue weighted by atomic mass is 16.5. The molecule has 0 aliphatic heterocycles. The molecule has 0 bridgehead atoms. The molecule has 4 rings (SSSR count). The summed E-state index contributed by atoms with van der Waals surface area (Å²) in [7, 11) is 1.60. The van der Waals surface area contributed by atoms with Crippen molar-refractivity contribution >= 4 is 28.6 Å². The van der Waals surface area contributed by atoms with E-state index in [1.54, 1.807) is 7.11 Å². The number of aromatic nitrogens is 2. The Morgan fingerprint density at radius 1 is 1.17 bits per heavy atom. The van der Waals surface area contributed by atoms with Crippen molar-refractivity contribution in [2.45, 2.75) is 72.3 Å². The molecule has 0 unspecified atom stereocenters. The van der Waals surface area contributed by atoms with Crippen LogP contribution in [0.25, 0.3) is 11.0 Å². The fourth-order valence-electron chi connectivity index (χ4n) is 5.61. The van der Waals surface area contributed by atoms with Gasteiger partial charge in [0.05, 0.1) is 24.6 Å². The van der Waals surface area contributed by atoms with Gasteiger partial charge in [-0.3, -0.25) is 4.79 Å². The number of hydrogen-bond acceptors (Lipinski definition) is 4. The van der Waals surface area contributed by atoms with Crippen LogP contribution in [-0.4, -0.2) is 27.7 Å². The van der Waals surface area contributed by atoms with Gasteiger partial charge in [0.1, 0.15) is 5.75 Å². The van der Waals surface area contributed by atoms with E-state index in [0.717, 1.165) is 29.1 Å². The van der Waals surface area contributed by atoms with Gasteiger partial charge in [-0.15, -0.1) is 0 Å². The second kappa shape index (κ2) is 10.3. The summed E-state index contributed by atoms with van der Waals surface area (Å²) in [5, 5.41) is 13.0. The molecule has 1 heterocycles. The Kier molecular flexibility index (Phi) is 7.39. The second-order valence-corrected chi connectivity index (χ2v) is 10.8. The number of carboxylic acids is 1. The Labute approximate surface area is 208 Å². The molecule has 188 valence electrons. The van der Waals surface area contributed by atoms with E-state index in [-0.39, 0.29) is 6.42 Å². The molecule has 0 spiro atoms. The van der Waals surface area contributed by atoms with Crippen LogP contribution in [0, 0.1) is 17.8 Å². The van der Waals surface area contributed by atoms with Crippen LogP contribution in [0.2, 0.25) is 0 Å². The van der Waals surface area contributed by atoms with Gasteiger partial charge in [0.25, 0.3) is 0 Å². The van der Waals surface area contributed by atoms with Crippen LogP contribution in [0.15, 0.2) is 36.4 Å². The number of anilines is 2. The van der Waals surface area contributed by atoms with E-state index in [1.807, 2.05) is 12.1 Å². The number of rotatable bonds is 8. The van der Waals surface area contributed by atoms with Crippen molar-refractivity contribution in [3.8, 4) is 5.75 Å². The smallest absolute Gasteiger partial charge is 0.307 e. The van der Waals surface area contributed by atoms with Crippen molar-refractivity contribution in [1.82, 2.24) is 9.55 Å². The van der Waals surface area contributed by atoms with Gasteiger partial charge in [-0.2, -0.15) is 0 Å². The minimum Gasteiger partial charge on any atom is -0.496 e. The highest BCUT2D eigenvalue weighted by Gasteiger charge is 2.34. The maximum atomic E-state index is 11.5. The van der Waals surface area contributed by atoms with Gasteiger partial charge in [-0.05, 0) is 60.3 Å². The summed E-state index contributed by atoms with van der Waals surface area (Å²) in [4.78, 5) is 16.5. The maximum Gasteiger partial charge on any atom is 0.307 e. The zero-order valence-electron chi connectivity index (χ0n) is 21.8. The standard InChI is InChI=1S/C29H39N3O3/c1-17(2)20-8-10-22(11-9-20)30-29-31-24-14-21(15-28(33)34)27(35-6)16-26(24)32(29)25-13-19(5)7-12-23(25)18(3)4/h8-11,14,16-19,23,25H,7,12-13,15H2,1-6H3,(H,30,31)(H,33,34)/t19-,23+,25-/m1/s1. The lowest BCUT2D eigenvalue weighted by Gasteiger charge is -2.39. The molecule has 0 radical (unpaired) electrons. The van der Waals surface area contributed by atoms with Gasteiger partial charge >= 0.3 is 5.97 Å². The van der Waals surface area contributed by atoms with E-state index in [1.165, 1.54) is 18.4 Å². The molecule has 1 aromatic heterocycles. The lowest BCUT2D eigenvalue weighted by molar-refractivity contribution is -0.136. The molecule has 3 aromatic rings. The zero-order chi connectivity index (χ0) is 25.3. The molecule has 2 N–H and O–H groups in total. The first kappa shape index (κ1) is 25.1. The predicted molar refractivity (Wildman–Crippen MR) is 142 cm³/mol. The molecule has 6 nitrogen and oxygen atoms in total. The molecule has 3 atom stereocenters. The average Bonchev–Trinajstić information content (AvgIpc) is 3.14. The van der Waals surface area contributed by atoms with Gasteiger partial charge in [-0.1, -0.05) is 53.2 Å². The number of nitrogens with one attached hydrogen (secondary N) is 1. The number of carboxylic acid groups (broad SMARTS) is 1. The lowest BCUT2D eigenvalue weighted by atomic mass is 9.74. The van der Waals surface area contributed by atoms with Crippen molar-refractivity contribution in [2.24, 2.45) is 17.8 Å². The normalized spacial score (nSPS) is 20.5. The molecule has 0 saturated heterocycles. The number of methoxy groups -OCH3 is 1. The molecule has 1 saturated carbocycles. The number of ether oxygens (including phenoxy) is 1. The Morgan fingerprint density at radius 2 is 1.89 bits per heavy atom. The number of carbonyl (C=O) groups is 1. The van der Waals surface area contributed by atoms with Gasteiger partial charge < -0.3 is 19.7 Å². The van der Waals surface area contributed by atoms with E-state index in [0.29, 0.717) is 41.0 Å². The molecular weight excluding hydrogens is 438 g/mol. The molecule has 6 heteroatoms. The molecule has 2 aromatic carbocycles. The van der Waals surface area contributed by atoms with Gasteiger partial charge in [-0.25, -0.2) is 4.98 Å². The van der Waals surface area contributed by atoms with Crippen LogP contribution in [0.3, 0.4) is 0 Å². The lowest BCUT2D eigenvalue weighted by Crippen LogP contribution is -2.30. The predicted octanol–water partition coefficient (Wildman–Crippen LogP) is 7.17. The molecule has 1 fully saturated rings. The summed E-state index contributed by atoms with van der Waals surface area (Å²) in [6.07, 6.45) is 3.44. The van der Waals surface area contributed by atoms with Crippen molar-refractivity contribution in [3.05, 3.63) is 47.5 Å². The van der Waals surface area contributed by atoms with E-state index < -0.39 is 5.97 Å². The van der Waals surface area contributed by atoms with Crippen molar-refractivity contribution < 1.29 is 14.6 Å². The summed E-state index contributed by atoms with van der Waals surface area (Å²) in [5.74, 6) is 2.72. The van der Waals surface area contributed by atoms with Crippen LogP contribution in [0.5, 0.6) is 5.75 Å². The monoisotopic (exact) mass is 477 g/mol. The first-order valence-electron chi connectivity index (χ1n) is 12.9. The minimum atomic E-state index is -0.883. The third kappa shape index (κ3) is 5.31. The Bertz CT molecular complexity index is 1180. The van der Waals surface area contributed by atoms with Gasteiger partial charge in [0.2, 0.25) is 5.95 Å². The minimum absolute atomic E-state index is 0.0967. The topological polar surface area (TPSA) is 76.4 Å². The summed E-state index contributed by atoms with van der Waals surface area (Å²) in [5.41, 5.74) is 4.72. The Morgan fingerprint density at radius 3 is 2.49 bits per heavy atom. The molecule has 1 aliphatic carbocycles. The van der Waals surface area contributed by atoms with E-state index in [4.69, 9.17) is 9.72 Å². The number of nitrogens with zero attached hydrogens (tertiary/aromatic N) is 2. The first-order valence-corrected chi connectivity index (χ1v) is 12.9. The number of aliphatic carboxylic acids is 1. The van der Waals surface area contributed by atoms with Crippen molar-refractivity contribution in [3.63, 3.8) is 0 Å². The highest BCUT2D eigenvalue weighted by molar-refractivity contribution is 5.84. The molecule has 0 amide bonds. The van der Waals surface area contributed by atoms with Crippen LogP contribution in [-0.2, 0) is 11.2 Å². The Balaban J connectivity index is 1.86. The second-order valence-electron chi connectivity index (χ2n) is 10.8. The summed E-state index contributed by atoms with van der Waals surface area (Å²) in [6.45, 7) is 11.4. The fourth-order valence-corrected chi connectivity index (χ4v) is 5.61. The fraction of sp³-hybridized carbons (Fsp3) is 0.517. The third-order valence-corrected chi connectivity index (χ3v) is 7.59. The van der Waals surface area contributed by atoms with Crippen LogP contribution in [0.1, 0.15) is 77.0 Å². The number of fused-ring (bicyclic) bond motifs is 1. The molecule has 1 aliphatic rings. The largest absolute Gasteiger partial charge is 0.496 e. The third-order valence-electron chi connectivity index (χ3n) is 7.59. The van der Waals surface area contributed by atoms with E-state index >= 15 is 0 Å². The molecular formula is C29H39N3O3. The van der Waals surface area contributed by atoms with Gasteiger partial charge in [0, 0.05) is 23.4 Å². The number of benzene rings is 2. The SMILES string of the molecule is COc1cc2c(cc1CC(=O)O)nc(Nc1ccc(C(C)C)cc1)n2[C@@H]1C[C@H](C)CC[C@H]1C(C)C. The first-order chi connectivity index (χ1) is 16.7. The highest BCUT2D eigenvalue weighted by Crippen LogP contribution is 2.45. The number of imidazole rings is 1. The van der Waals surface area contributed by atoms with Crippen LogP contribution in [0.4, 0.5) is 11.6 Å². The zero-order valence-corrected chi connectivity index (χ0v) is 21.8. The van der Waals surface area contributed by atoms with Crippen molar-refractivity contribution in [1.29, 1.82) is 0 Å². The maximum absolute atomic E-state index is 11.5. The van der Waals surface area contributed by atoms with E-state index in [9.17, 15) is 9.90 Å². The van der Waals surface area contributed by atoms with Crippen LogP contribution < -0.4 is 10.1 Å². The van der Waals surface area contributed by atoms with Crippen molar-refractivity contribution in [2.75, 3.05) is 12.4 Å². The summed E-state index contributed by atoms with van der Waals surface area (Å²) in [6, 6.07) is 12.7.